The van der Waals surface area contributed by atoms with E-state index in [4.69, 9.17) is 10.5 Å². The molecule has 102 valence electrons. The third-order valence-electron chi connectivity index (χ3n) is 2.53. The molecule has 0 saturated carbocycles. The molecule has 18 heavy (non-hydrogen) atoms. The summed E-state index contributed by atoms with van der Waals surface area (Å²) in [6.07, 6.45) is 0.355. The second kappa shape index (κ2) is 6.70. The van der Waals surface area contributed by atoms with Gasteiger partial charge in [-0.1, -0.05) is 13.0 Å². The zero-order valence-corrected chi connectivity index (χ0v) is 11.2. The predicted molar refractivity (Wildman–Crippen MR) is 68.7 cm³/mol. The lowest BCUT2D eigenvalue weighted by Gasteiger charge is -2.08. The number of hydrogen-bond donors (Lipinski definition) is 1. The predicted octanol–water partition coefficient (Wildman–Crippen LogP) is 1.49. The Bertz CT molecular complexity index is 488. The molecule has 4 nitrogen and oxygen atoms in total. The summed E-state index contributed by atoms with van der Waals surface area (Å²) in [6, 6.07) is 4.51. The Hall–Kier alpha value is -1.14. The summed E-state index contributed by atoms with van der Waals surface area (Å²) in [7, 11) is -2.98. The fourth-order valence-corrected chi connectivity index (χ4v) is 2.24. The zero-order chi connectivity index (χ0) is 13.6. The van der Waals surface area contributed by atoms with Crippen molar-refractivity contribution in [3.63, 3.8) is 0 Å². The van der Waals surface area contributed by atoms with Gasteiger partial charge in [0.05, 0.1) is 12.4 Å². The number of nitrogens with two attached hydrogens (primary N) is 1. The van der Waals surface area contributed by atoms with E-state index in [1.54, 1.807) is 13.0 Å². The molecular weight excluding hydrogens is 257 g/mol. The highest BCUT2D eigenvalue weighted by Gasteiger charge is 2.08. The summed E-state index contributed by atoms with van der Waals surface area (Å²) in [6.45, 7) is 2.05. The molecule has 1 rings (SSSR count). The molecule has 2 N–H and O–H groups in total. The molecule has 0 heterocycles. The van der Waals surface area contributed by atoms with Crippen molar-refractivity contribution in [3.05, 3.63) is 29.6 Å². The standard InChI is InChI=1S/C12H18FNO3S/c1-2-18(15,16)7-3-6-17-12-5-4-10(9-14)8-11(12)13/h4-5,8H,2-3,6-7,9,14H2,1H3. The van der Waals surface area contributed by atoms with Crippen LogP contribution in [0.5, 0.6) is 5.75 Å². The van der Waals surface area contributed by atoms with Gasteiger partial charge in [-0.05, 0) is 24.1 Å². The Morgan fingerprint density at radius 2 is 2.11 bits per heavy atom. The van der Waals surface area contributed by atoms with Gasteiger partial charge in [-0.25, -0.2) is 12.8 Å². The van der Waals surface area contributed by atoms with Crippen molar-refractivity contribution in [3.8, 4) is 5.75 Å². The Kier molecular flexibility index (Phi) is 5.55. The molecule has 0 spiro atoms. The van der Waals surface area contributed by atoms with Crippen molar-refractivity contribution in [2.75, 3.05) is 18.1 Å². The van der Waals surface area contributed by atoms with E-state index in [1.807, 2.05) is 0 Å². The first kappa shape index (κ1) is 14.9. The van der Waals surface area contributed by atoms with Crippen molar-refractivity contribution < 1.29 is 17.5 Å². The average molecular weight is 275 g/mol. The molecular formula is C12H18FNO3S. The van der Waals surface area contributed by atoms with Crippen LogP contribution in [-0.2, 0) is 16.4 Å². The number of ether oxygens (including phenoxy) is 1. The van der Waals surface area contributed by atoms with Gasteiger partial charge >= 0.3 is 0 Å². The van der Waals surface area contributed by atoms with E-state index in [1.165, 1.54) is 12.1 Å². The first-order valence-corrected chi connectivity index (χ1v) is 7.62. The fourth-order valence-electron chi connectivity index (χ4n) is 1.39. The summed E-state index contributed by atoms with van der Waals surface area (Å²) in [5.74, 6) is -0.171. The van der Waals surface area contributed by atoms with E-state index >= 15 is 0 Å². The van der Waals surface area contributed by atoms with Gasteiger partial charge in [-0.3, -0.25) is 0 Å². The molecule has 0 atom stereocenters. The molecule has 0 aliphatic rings. The summed E-state index contributed by atoms with van der Waals surface area (Å²) in [4.78, 5) is 0. The molecule has 1 aromatic rings. The number of halogens is 1. The van der Waals surface area contributed by atoms with Crippen molar-refractivity contribution in [1.29, 1.82) is 0 Å². The van der Waals surface area contributed by atoms with Crippen molar-refractivity contribution >= 4 is 9.84 Å². The molecule has 0 aromatic heterocycles. The lowest BCUT2D eigenvalue weighted by molar-refractivity contribution is 0.301. The van der Waals surface area contributed by atoms with E-state index in [0.29, 0.717) is 12.0 Å². The van der Waals surface area contributed by atoms with Gasteiger partial charge < -0.3 is 10.5 Å². The molecule has 1 aromatic carbocycles. The van der Waals surface area contributed by atoms with Crippen molar-refractivity contribution in [2.24, 2.45) is 5.73 Å². The van der Waals surface area contributed by atoms with Crippen molar-refractivity contribution in [1.82, 2.24) is 0 Å². The molecule has 0 saturated heterocycles. The van der Waals surface area contributed by atoms with E-state index < -0.39 is 15.7 Å². The van der Waals surface area contributed by atoms with Crippen molar-refractivity contribution in [2.45, 2.75) is 19.9 Å². The van der Waals surface area contributed by atoms with Gasteiger partial charge in [0, 0.05) is 12.3 Å². The van der Waals surface area contributed by atoms with Crippen LogP contribution in [-0.4, -0.2) is 26.5 Å². The monoisotopic (exact) mass is 275 g/mol. The van der Waals surface area contributed by atoms with Gasteiger partial charge in [0.2, 0.25) is 0 Å². The van der Waals surface area contributed by atoms with E-state index in [0.717, 1.165) is 0 Å². The summed E-state index contributed by atoms with van der Waals surface area (Å²) < 4.78 is 41.1. The minimum Gasteiger partial charge on any atom is -0.490 e. The lowest BCUT2D eigenvalue weighted by atomic mass is 10.2. The highest BCUT2D eigenvalue weighted by atomic mass is 32.2. The number of benzene rings is 1. The van der Waals surface area contributed by atoms with Crippen LogP contribution < -0.4 is 10.5 Å². The number of rotatable bonds is 7. The van der Waals surface area contributed by atoms with Gasteiger partial charge in [0.25, 0.3) is 0 Å². The molecule has 0 bridgehead atoms. The van der Waals surface area contributed by atoms with Crippen LogP contribution in [0.15, 0.2) is 18.2 Å². The largest absolute Gasteiger partial charge is 0.490 e. The van der Waals surface area contributed by atoms with E-state index in [2.05, 4.69) is 0 Å². The second-order valence-corrected chi connectivity index (χ2v) is 6.38. The van der Waals surface area contributed by atoms with Crippen LogP contribution in [0.25, 0.3) is 0 Å². The Morgan fingerprint density at radius 3 is 2.67 bits per heavy atom. The minimum absolute atomic E-state index is 0.0615. The minimum atomic E-state index is -2.98. The Balaban J connectivity index is 2.45. The van der Waals surface area contributed by atoms with Gasteiger partial charge in [-0.2, -0.15) is 0 Å². The smallest absolute Gasteiger partial charge is 0.165 e. The maximum atomic E-state index is 13.5. The summed E-state index contributed by atoms with van der Waals surface area (Å²) in [5, 5.41) is 0. The van der Waals surface area contributed by atoms with Crippen LogP contribution >= 0.6 is 0 Å². The summed E-state index contributed by atoms with van der Waals surface area (Å²) >= 11 is 0. The number of sulfone groups is 1. The highest BCUT2D eigenvalue weighted by Crippen LogP contribution is 2.18. The molecule has 0 unspecified atom stereocenters. The quantitative estimate of drug-likeness (QED) is 0.765. The first-order valence-electron chi connectivity index (χ1n) is 5.80. The molecule has 6 heteroatoms. The first-order chi connectivity index (χ1) is 8.48. The van der Waals surface area contributed by atoms with Crippen LogP contribution in [0, 0.1) is 5.82 Å². The van der Waals surface area contributed by atoms with Gasteiger partial charge in [0.1, 0.15) is 9.84 Å². The number of hydrogen-bond acceptors (Lipinski definition) is 4. The Labute approximate surface area is 107 Å². The van der Waals surface area contributed by atoms with Crippen LogP contribution in [0.3, 0.4) is 0 Å². The molecule has 0 amide bonds. The second-order valence-electron chi connectivity index (χ2n) is 3.91. The topological polar surface area (TPSA) is 69.4 Å². The van der Waals surface area contributed by atoms with Crippen LogP contribution in [0.1, 0.15) is 18.9 Å². The molecule has 0 fully saturated rings. The summed E-state index contributed by atoms with van der Waals surface area (Å²) in [5.41, 5.74) is 6.07. The molecule has 0 aliphatic heterocycles. The highest BCUT2D eigenvalue weighted by molar-refractivity contribution is 7.91. The lowest BCUT2D eigenvalue weighted by Crippen LogP contribution is -2.12. The third kappa shape index (κ3) is 4.62. The van der Waals surface area contributed by atoms with E-state index in [9.17, 15) is 12.8 Å². The Morgan fingerprint density at radius 1 is 1.39 bits per heavy atom. The van der Waals surface area contributed by atoms with Gasteiger partial charge in [0.15, 0.2) is 11.6 Å². The van der Waals surface area contributed by atoms with E-state index in [-0.39, 0.29) is 30.4 Å². The normalized spacial score (nSPS) is 11.5. The average Bonchev–Trinajstić information content (AvgIpc) is 2.36. The maximum Gasteiger partial charge on any atom is 0.165 e. The maximum absolute atomic E-state index is 13.5. The third-order valence-corrected chi connectivity index (χ3v) is 4.32. The van der Waals surface area contributed by atoms with Crippen LogP contribution in [0.4, 0.5) is 4.39 Å². The zero-order valence-electron chi connectivity index (χ0n) is 10.4. The molecule has 0 radical (unpaired) electrons. The fraction of sp³-hybridized carbons (Fsp3) is 0.500. The van der Waals surface area contributed by atoms with Crippen LogP contribution in [0.2, 0.25) is 0 Å². The molecule has 0 aliphatic carbocycles. The SMILES string of the molecule is CCS(=O)(=O)CCCOc1ccc(CN)cc1F. The van der Waals surface area contributed by atoms with Gasteiger partial charge in [-0.15, -0.1) is 0 Å².